The molecule has 1 aromatic heterocycles. The largest absolute Gasteiger partial charge is 0.487 e. The molecule has 3 nitrogen and oxygen atoms in total. The molecule has 0 bridgehead atoms. The van der Waals surface area contributed by atoms with Crippen molar-refractivity contribution in [2.45, 2.75) is 49.5 Å². The van der Waals surface area contributed by atoms with E-state index in [1.165, 1.54) is 18.4 Å². The van der Waals surface area contributed by atoms with Crippen LogP contribution in [-0.4, -0.2) is 17.3 Å². The predicted octanol–water partition coefficient (Wildman–Crippen LogP) is 5.70. The minimum atomic E-state index is 0.435. The van der Waals surface area contributed by atoms with Crippen molar-refractivity contribution in [3.8, 4) is 11.6 Å². The van der Waals surface area contributed by atoms with Gasteiger partial charge in [-0.1, -0.05) is 31.5 Å². The first kappa shape index (κ1) is 17.4. The van der Waals surface area contributed by atoms with E-state index in [4.69, 9.17) is 21.1 Å². The predicted molar refractivity (Wildman–Crippen MR) is 99.5 cm³/mol. The van der Waals surface area contributed by atoms with Crippen LogP contribution >= 0.6 is 23.4 Å². The fourth-order valence-electron chi connectivity index (χ4n) is 2.46. The molecule has 1 saturated carbocycles. The average molecular weight is 364 g/mol. The van der Waals surface area contributed by atoms with E-state index in [-0.39, 0.29) is 0 Å². The molecule has 24 heavy (non-hydrogen) atoms. The number of benzene rings is 1. The topological polar surface area (TPSA) is 31.4 Å². The van der Waals surface area contributed by atoms with Gasteiger partial charge in [0, 0.05) is 16.9 Å². The van der Waals surface area contributed by atoms with Gasteiger partial charge in [0.15, 0.2) is 0 Å². The van der Waals surface area contributed by atoms with Crippen LogP contribution in [0.2, 0.25) is 5.02 Å². The van der Waals surface area contributed by atoms with Crippen LogP contribution in [0.3, 0.4) is 0 Å². The minimum absolute atomic E-state index is 0.435. The highest BCUT2D eigenvalue weighted by Crippen LogP contribution is 2.42. The van der Waals surface area contributed by atoms with E-state index in [1.54, 1.807) is 18.9 Å². The molecule has 3 rings (SSSR count). The van der Waals surface area contributed by atoms with Crippen molar-refractivity contribution in [1.82, 2.24) is 4.98 Å². The van der Waals surface area contributed by atoms with Crippen LogP contribution < -0.4 is 9.47 Å². The summed E-state index contributed by atoms with van der Waals surface area (Å²) in [6.07, 6.45) is 2.54. The number of hydrogen-bond donors (Lipinski definition) is 0. The Balaban J connectivity index is 1.73. The number of nitrogens with zero attached hydrogens (tertiary/aromatic N) is 1. The lowest BCUT2D eigenvalue weighted by molar-refractivity contribution is 0.301. The molecule has 0 aliphatic heterocycles. The lowest BCUT2D eigenvalue weighted by atomic mass is 10.1. The number of ether oxygens (including phenoxy) is 2. The maximum absolute atomic E-state index is 6.37. The van der Waals surface area contributed by atoms with Crippen molar-refractivity contribution in [1.29, 1.82) is 0 Å². The zero-order valence-corrected chi connectivity index (χ0v) is 15.8. The summed E-state index contributed by atoms with van der Waals surface area (Å²) in [4.78, 5) is 4.54. The Bertz CT molecular complexity index is 717. The van der Waals surface area contributed by atoms with E-state index in [1.807, 2.05) is 24.3 Å². The van der Waals surface area contributed by atoms with Crippen LogP contribution in [0.1, 0.15) is 43.7 Å². The highest BCUT2D eigenvalue weighted by Gasteiger charge is 2.24. The lowest BCUT2D eigenvalue weighted by Crippen LogP contribution is -2.02. The first-order valence-electron chi connectivity index (χ1n) is 8.19. The maximum atomic E-state index is 6.37. The van der Waals surface area contributed by atoms with Gasteiger partial charge < -0.3 is 9.47 Å². The third-order valence-electron chi connectivity index (χ3n) is 3.86. The zero-order chi connectivity index (χ0) is 17.1. The number of methoxy groups -OCH3 is 1. The molecule has 0 atom stereocenters. The molecule has 1 fully saturated rings. The minimum Gasteiger partial charge on any atom is -0.487 e. The molecule has 1 aliphatic rings. The Morgan fingerprint density at radius 2 is 2.04 bits per heavy atom. The average Bonchev–Trinajstić information content (AvgIpc) is 3.39. The Labute approximate surface area is 152 Å². The third kappa shape index (κ3) is 4.37. The molecule has 5 heteroatoms. The first-order chi connectivity index (χ1) is 11.6. The van der Waals surface area contributed by atoms with Gasteiger partial charge in [-0.15, -0.1) is 11.8 Å². The Morgan fingerprint density at radius 3 is 2.67 bits per heavy atom. The normalized spacial score (nSPS) is 14.0. The van der Waals surface area contributed by atoms with E-state index in [9.17, 15) is 0 Å². The number of thioether (sulfide) groups is 1. The summed E-state index contributed by atoms with van der Waals surface area (Å²) in [6.45, 7) is 4.72. The Hall–Kier alpha value is -1.39. The summed E-state index contributed by atoms with van der Waals surface area (Å²) in [7, 11) is 1.63. The molecule has 0 amide bonds. The fourth-order valence-corrected chi connectivity index (χ4v) is 3.57. The number of rotatable bonds is 7. The van der Waals surface area contributed by atoms with Crippen LogP contribution in [0.25, 0.3) is 0 Å². The molecule has 2 aromatic rings. The monoisotopic (exact) mass is 363 g/mol. The summed E-state index contributed by atoms with van der Waals surface area (Å²) < 4.78 is 11.2. The van der Waals surface area contributed by atoms with Crippen molar-refractivity contribution >= 4 is 23.4 Å². The highest BCUT2D eigenvalue weighted by molar-refractivity contribution is 7.99. The van der Waals surface area contributed by atoms with Crippen LogP contribution in [-0.2, 0) is 6.61 Å². The summed E-state index contributed by atoms with van der Waals surface area (Å²) in [5.41, 5.74) is 2.35. The standard InChI is InChI=1S/C19H22ClNO2S/c1-12(2)24-19-15(7-9-18(21-19)22-3)11-23-17-8-6-14(10-16(17)20)13-4-5-13/h6-10,12-13H,4-5,11H2,1-3H3. The van der Waals surface area contributed by atoms with Crippen molar-refractivity contribution in [3.63, 3.8) is 0 Å². The molecular weight excluding hydrogens is 342 g/mol. The molecule has 1 aromatic carbocycles. The van der Waals surface area contributed by atoms with Gasteiger partial charge in [-0.2, -0.15) is 0 Å². The SMILES string of the molecule is COc1ccc(COc2ccc(C3CC3)cc2Cl)c(SC(C)C)n1. The van der Waals surface area contributed by atoms with Gasteiger partial charge in [0.25, 0.3) is 0 Å². The summed E-state index contributed by atoms with van der Waals surface area (Å²) in [6, 6.07) is 9.99. The van der Waals surface area contributed by atoms with E-state index in [0.717, 1.165) is 16.3 Å². The van der Waals surface area contributed by atoms with Crippen molar-refractivity contribution in [2.75, 3.05) is 7.11 Å². The van der Waals surface area contributed by atoms with Gasteiger partial charge in [-0.25, -0.2) is 4.98 Å². The van der Waals surface area contributed by atoms with Gasteiger partial charge in [-0.3, -0.25) is 0 Å². The summed E-state index contributed by atoms with van der Waals surface area (Å²) in [5.74, 6) is 2.03. The van der Waals surface area contributed by atoms with Crippen molar-refractivity contribution in [3.05, 3.63) is 46.5 Å². The molecule has 0 radical (unpaired) electrons. The van der Waals surface area contributed by atoms with Crippen LogP contribution in [0.4, 0.5) is 0 Å². The number of pyridine rings is 1. The van der Waals surface area contributed by atoms with E-state index in [2.05, 4.69) is 24.9 Å². The quantitative estimate of drug-likeness (QED) is 0.590. The zero-order valence-electron chi connectivity index (χ0n) is 14.2. The summed E-state index contributed by atoms with van der Waals surface area (Å²) >= 11 is 8.08. The van der Waals surface area contributed by atoms with Gasteiger partial charge in [0.05, 0.1) is 12.1 Å². The molecule has 0 spiro atoms. The molecule has 1 heterocycles. The highest BCUT2D eigenvalue weighted by atomic mass is 35.5. The first-order valence-corrected chi connectivity index (χ1v) is 9.45. The van der Waals surface area contributed by atoms with Gasteiger partial charge in [-0.05, 0) is 42.5 Å². The molecule has 1 aliphatic carbocycles. The number of hydrogen-bond acceptors (Lipinski definition) is 4. The molecule has 0 unspecified atom stereocenters. The van der Waals surface area contributed by atoms with Gasteiger partial charge in [0.2, 0.25) is 5.88 Å². The van der Waals surface area contributed by atoms with Crippen molar-refractivity contribution in [2.24, 2.45) is 0 Å². The van der Waals surface area contributed by atoms with Crippen molar-refractivity contribution < 1.29 is 9.47 Å². The second-order valence-corrected chi connectivity index (χ2v) is 8.21. The smallest absolute Gasteiger partial charge is 0.214 e. The Kier molecular flexibility index (Phi) is 5.57. The van der Waals surface area contributed by atoms with Gasteiger partial charge >= 0.3 is 0 Å². The maximum Gasteiger partial charge on any atom is 0.214 e. The lowest BCUT2D eigenvalue weighted by Gasteiger charge is -2.14. The summed E-state index contributed by atoms with van der Waals surface area (Å²) in [5, 5.41) is 2.05. The van der Waals surface area contributed by atoms with E-state index < -0.39 is 0 Å². The molecule has 0 N–H and O–H groups in total. The third-order valence-corrected chi connectivity index (χ3v) is 5.20. The van der Waals surface area contributed by atoms with Crippen LogP contribution in [0, 0.1) is 0 Å². The van der Waals surface area contributed by atoms with Crippen LogP contribution in [0.5, 0.6) is 11.6 Å². The second kappa shape index (κ2) is 7.66. The fraction of sp³-hybridized carbons (Fsp3) is 0.421. The molecule has 128 valence electrons. The Morgan fingerprint density at radius 1 is 1.25 bits per heavy atom. The molecular formula is C19H22ClNO2S. The second-order valence-electron chi connectivity index (χ2n) is 6.24. The number of halogens is 1. The van der Waals surface area contributed by atoms with Gasteiger partial charge in [0.1, 0.15) is 17.4 Å². The molecule has 0 saturated heterocycles. The van der Waals surface area contributed by atoms with E-state index >= 15 is 0 Å². The number of aromatic nitrogens is 1. The van der Waals surface area contributed by atoms with E-state index in [0.29, 0.717) is 28.7 Å². The van der Waals surface area contributed by atoms with Crippen LogP contribution in [0.15, 0.2) is 35.4 Å².